The molecule has 11 nitrogen and oxygen atoms in total. The molecular formula is C23H33N5O6S. The van der Waals surface area contributed by atoms with Gasteiger partial charge in [0.2, 0.25) is 10.0 Å². The monoisotopic (exact) mass is 507 g/mol. The first-order valence-corrected chi connectivity index (χ1v) is 13.1. The number of ether oxygens (including phenoxy) is 2. The van der Waals surface area contributed by atoms with E-state index < -0.39 is 10.0 Å². The van der Waals surface area contributed by atoms with E-state index in [2.05, 4.69) is 15.1 Å². The minimum absolute atomic E-state index is 0.000147. The molecule has 0 aliphatic heterocycles. The van der Waals surface area contributed by atoms with Crippen LogP contribution in [0.1, 0.15) is 38.2 Å². The maximum atomic E-state index is 13.4. The maximum Gasteiger partial charge on any atom is 0.277 e. The Kier molecular flexibility index (Phi) is 9.00. The minimum atomic E-state index is -3.95. The molecule has 0 amide bonds. The smallest absolute Gasteiger partial charge is 0.277 e. The fourth-order valence-electron chi connectivity index (χ4n) is 3.88. The molecule has 35 heavy (non-hydrogen) atoms. The Labute approximate surface area is 204 Å². The van der Waals surface area contributed by atoms with Gasteiger partial charge in [-0.25, -0.2) is 17.9 Å². The van der Waals surface area contributed by atoms with E-state index in [1.54, 1.807) is 20.1 Å². The average Bonchev–Trinajstić information content (AvgIpc) is 3.14. The highest BCUT2D eigenvalue weighted by atomic mass is 32.2. The minimum Gasteiger partial charge on any atom is -0.493 e. The lowest BCUT2D eigenvalue weighted by molar-refractivity contribution is 0.182. The van der Waals surface area contributed by atoms with Gasteiger partial charge in [-0.15, -0.1) is 5.10 Å². The third-order valence-electron chi connectivity index (χ3n) is 5.47. The zero-order valence-electron chi connectivity index (χ0n) is 20.6. The third-order valence-corrected chi connectivity index (χ3v) is 7.36. The number of hydrogen-bond acceptors (Lipinski definition) is 8. The normalized spacial score (nSPS) is 12.1. The highest BCUT2D eigenvalue weighted by Gasteiger charge is 2.26. The number of rotatable bonds is 13. The molecule has 0 saturated carbocycles. The number of imidazole rings is 1. The van der Waals surface area contributed by atoms with Crippen LogP contribution < -0.4 is 10.3 Å². The second-order valence-corrected chi connectivity index (χ2v) is 9.93. The number of aromatic nitrogens is 4. The van der Waals surface area contributed by atoms with Gasteiger partial charge in [-0.3, -0.25) is 4.79 Å². The van der Waals surface area contributed by atoms with Crippen LogP contribution in [0, 0.1) is 6.92 Å². The van der Waals surface area contributed by atoms with Crippen molar-refractivity contribution in [2.45, 2.75) is 44.9 Å². The molecular weight excluding hydrogens is 474 g/mol. The van der Waals surface area contributed by atoms with Crippen molar-refractivity contribution >= 4 is 15.5 Å². The first-order valence-electron chi connectivity index (χ1n) is 11.6. The van der Waals surface area contributed by atoms with Crippen molar-refractivity contribution in [1.82, 2.24) is 23.9 Å². The van der Waals surface area contributed by atoms with Crippen LogP contribution in [0.15, 0.2) is 27.9 Å². The highest BCUT2D eigenvalue weighted by molar-refractivity contribution is 7.89. The van der Waals surface area contributed by atoms with Gasteiger partial charge in [0.05, 0.1) is 29.4 Å². The van der Waals surface area contributed by atoms with E-state index in [1.807, 2.05) is 13.8 Å². The lowest BCUT2D eigenvalue weighted by Crippen LogP contribution is -2.35. The van der Waals surface area contributed by atoms with Crippen LogP contribution in [-0.4, -0.2) is 77.4 Å². The maximum absolute atomic E-state index is 13.4. The van der Waals surface area contributed by atoms with Gasteiger partial charge in [-0.05, 0) is 44.9 Å². The van der Waals surface area contributed by atoms with Crippen LogP contribution in [0.5, 0.6) is 5.75 Å². The summed E-state index contributed by atoms with van der Waals surface area (Å²) in [7, 11) is -2.40. The summed E-state index contributed by atoms with van der Waals surface area (Å²) in [5.41, 5.74) is 0.887. The lowest BCUT2D eigenvalue weighted by atomic mass is 10.2. The summed E-state index contributed by atoms with van der Waals surface area (Å²) in [5.74, 6) is 1.21. The third kappa shape index (κ3) is 5.72. The van der Waals surface area contributed by atoms with Crippen molar-refractivity contribution in [3.05, 3.63) is 40.1 Å². The predicted octanol–water partition coefficient (Wildman–Crippen LogP) is 1.76. The first-order chi connectivity index (χ1) is 16.8. The zero-order valence-corrected chi connectivity index (χ0v) is 21.4. The van der Waals surface area contributed by atoms with E-state index in [1.165, 1.54) is 21.0 Å². The van der Waals surface area contributed by atoms with Gasteiger partial charge in [0, 0.05) is 33.2 Å². The van der Waals surface area contributed by atoms with E-state index in [9.17, 15) is 18.3 Å². The van der Waals surface area contributed by atoms with Gasteiger partial charge >= 0.3 is 0 Å². The van der Waals surface area contributed by atoms with Crippen LogP contribution in [0.2, 0.25) is 0 Å². The van der Waals surface area contributed by atoms with Crippen LogP contribution in [-0.2, 0) is 21.2 Å². The number of hydrogen-bond donors (Lipinski definition) is 2. The van der Waals surface area contributed by atoms with E-state index >= 15 is 0 Å². The second-order valence-electron chi connectivity index (χ2n) is 7.99. The fraction of sp³-hybridized carbons (Fsp3) is 0.522. The summed E-state index contributed by atoms with van der Waals surface area (Å²) in [6, 6.07) is 4.44. The van der Waals surface area contributed by atoms with Gasteiger partial charge in [0.25, 0.3) is 5.56 Å². The molecule has 3 aromatic rings. The van der Waals surface area contributed by atoms with E-state index in [-0.39, 0.29) is 36.0 Å². The molecule has 0 bridgehead atoms. The van der Waals surface area contributed by atoms with Crippen molar-refractivity contribution < 1.29 is 23.0 Å². The van der Waals surface area contributed by atoms with E-state index in [0.29, 0.717) is 54.4 Å². The fourth-order valence-corrected chi connectivity index (χ4v) is 5.37. The molecule has 0 spiro atoms. The van der Waals surface area contributed by atoms with E-state index in [0.717, 1.165) is 6.42 Å². The number of sulfonamides is 1. The number of aryl methyl sites for hydroxylation is 2. The number of benzene rings is 1. The van der Waals surface area contributed by atoms with Crippen LogP contribution >= 0.6 is 0 Å². The molecule has 0 fully saturated rings. The summed E-state index contributed by atoms with van der Waals surface area (Å²) in [6.45, 7) is 6.12. The molecule has 0 atom stereocenters. The molecule has 2 N–H and O–H groups in total. The number of aliphatic hydroxyl groups is 1. The molecule has 3 rings (SSSR count). The summed E-state index contributed by atoms with van der Waals surface area (Å²) in [5, 5.41) is 14.0. The first kappa shape index (κ1) is 26.8. The number of H-pyrrole nitrogens is 1. The SMILES string of the molecule is CCCc1nc(C)c2c(=O)[nH]c(-c3cc(S(=O)(=O)N(CCO)CCCOC)ccc3OCC)nn12. The molecule has 0 aliphatic carbocycles. The van der Waals surface area contributed by atoms with Crippen LogP contribution in [0.25, 0.3) is 16.9 Å². The van der Waals surface area contributed by atoms with Gasteiger partial charge in [0.1, 0.15) is 11.6 Å². The summed E-state index contributed by atoms with van der Waals surface area (Å²) in [6.07, 6.45) is 1.94. The van der Waals surface area contributed by atoms with Crippen molar-refractivity contribution in [3.63, 3.8) is 0 Å². The second kappa shape index (κ2) is 11.8. The topological polar surface area (TPSA) is 139 Å². The zero-order chi connectivity index (χ0) is 25.6. The molecule has 0 unspecified atom stereocenters. The molecule has 2 aromatic heterocycles. The Balaban J connectivity index is 2.16. The summed E-state index contributed by atoms with van der Waals surface area (Å²) in [4.78, 5) is 20.2. The summed E-state index contributed by atoms with van der Waals surface area (Å²) >= 11 is 0. The molecule has 1 aromatic carbocycles. The number of nitrogens with zero attached hydrogens (tertiary/aromatic N) is 4. The van der Waals surface area contributed by atoms with Crippen molar-refractivity contribution in [2.75, 3.05) is 40.0 Å². The molecule has 0 aliphatic rings. The standard InChI is InChI=1S/C23H33N5O6S/c1-5-8-20-24-16(3)21-23(30)25-22(26-28(20)21)18-15-17(9-10-19(18)34-6-2)35(31,32)27(12-13-29)11-7-14-33-4/h9-10,15,29H,5-8,11-14H2,1-4H3,(H,25,26,30). The van der Waals surface area contributed by atoms with E-state index in [4.69, 9.17) is 9.47 Å². The van der Waals surface area contributed by atoms with Crippen molar-refractivity contribution in [3.8, 4) is 17.1 Å². The Hall–Kier alpha value is -2.80. The van der Waals surface area contributed by atoms with Gasteiger partial charge < -0.3 is 19.6 Å². The van der Waals surface area contributed by atoms with Crippen LogP contribution in [0.3, 0.4) is 0 Å². The number of nitrogens with one attached hydrogen (secondary N) is 1. The molecule has 0 radical (unpaired) electrons. The van der Waals surface area contributed by atoms with Gasteiger partial charge in [-0.1, -0.05) is 6.92 Å². The Morgan fingerprint density at radius 3 is 2.66 bits per heavy atom. The lowest BCUT2D eigenvalue weighted by Gasteiger charge is -2.22. The largest absolute Gasteiger partial charge is 0.493 e. The predicted molar refractivity (Wildman–Crippen MR) is 131 cm³/mol. The van der Waals surface area contributed by atoms with Gasteiger partial charge in [-0.2, -0.15) is 4.31 Å². The van der Waals surface area contributed by atoms with Crippen molar-refractivity contribution in [2.24, 2.45) is 0 Å². The van der Waals surface area contributed by atoms with Crippen LogP contribution in [0.4, 0.5) is 0 Å². The quantitative estimate of drug-likeness (QED) is 0.334. The molecule has 0 saturated heterocycles. The Bertz CT molecular complexity index is 1320. The summed E-state index contributed by atoms with van der Waals surface area (Å²) < 4.78 is 40.3. The number of aromatic amines is 1. The molecule has 192 valence electrons. The molecule has 12 heteroatoms. The van der Waals surface area contributed by atoms with Crippen molar-refractivity contribution in [1.29, 1.82) is 0 Å². The molecule has 2 heterocycles. The number of aliphatic hydroxyl groups excluding tert-OH is 1. The van der Waals surface area contributed by atoms with Gasteiger partial charge in [0.15, 0.2) is 11.3 Å². The number of methoxy groups -OCH3 is 1. The highest BCUT2D eigenvalue weighted by Crippen LogP contribution is 2.31. The Morgan fingerprint density at radius 2 is 2.00 bits per heavy atom. The Morgan fingerprint density at radius 1 is 1.23 bits per heavy atom. The average molecular weight is 508 g/mol. The number of fused-ring (bicyclic) bond motifs is 1.